The van der Waals surface area contributed by atoms with Gasteiger partial charge in [-0.2, -0.15) is 5.10 Å². The van der Waals surface area contributed by atoms with E-state index in [0.717, 1.165) is 6.21 Å². The first-order valence-electron chi connectivity index (χ1n) is 8.73. The van der Waals surface area contributed by atoms with Crippen molar-refractivity contribution in [3.8, 4) is 28.0 Å². The molecule has 0 aliphatic rings. The van der Waals surface area contributed by atoms with Crippen LogP contribution in [0.5, 0.6) is 5.75 Å². The number of carbonyl (C=O) groups excluding carboxylic acids is 1. The number of nitrogens with one attached hydrogen (secondary N) is 2. The number of benzene rings is 3. The molecular formula is C22H19FN4O2. The lowest BCUT2D eigenvalue weighted by molar-refractivity contribution is -0.114. The first-order chi connectivity index (χ1) is 13.9. The fraction of sp³-hybridized carbons (Fsp3) is 0.0455. The molecule has 0 spiro atoms. The molecule has 0 unspecified atom stereocenters. The predicted octanol–water partition coefficient (Wildman–Crippen LogP) is 4.14. The molecule has 5 N–H and O–H groups in total. The maximum absolute atomic E-state index is 14.3. The molecule has 6 nitrogen and oxygen atoms in total. The Morgan fingerprint density at radius 3 is 2.34 bits per heavy atom. The van der Waals surface area contributed by atoms with Crippen LogP contribution in [-0.4, -0.2) is 22.9 Å². The van der Waals surface area contributed by atoms with E-state index >= 15 is 0 Å². The predicted molar refractivity (Wildman–Crippen MR) is 113 cm³/mol. The van der Waals surface area contributed by atoms with Crippen LogP contribution < -0.4 is 11.2 Å². The number of aromatic hydroxyl groups is 1. The molecule has 1 amide bonds. The van der Waals surface area contributed by atoms with Crippen LogP contribution in [0.4, 0.5) is 10.1 Å². The second kappa shape index (κ2) is 8.35. The minimum atomic E-state index is -0.598. The Morgan fingerprint density at radius 2 is 1.76 bits per heavy atom. The molecule has 146 valence electrons. The van der Waals surface area contributed by atoms with E-state index in [4.69, 9.17) is 11.3 Å². The minimum Gasteiger partial charge on any atom is -0.507 e. The van der Waals surface area contributed by atoms with Gasteiger partial charge in [-0.3, -0.25) is 4.79 Å². The van der Waals surface area contributed by atoms with Gasteiger partial charge >= 0.3 is 0 Å². The number of hydrogen-bond acceptors (Lipinski definition) is 5. The molecule has 0 aromatic heterocycles. The quantitative estimate of drug-likeness (QED) is 0.298. The van der Waals surface area contributed by atoms with Gasteiger partial charge in [0.15, 0.2) is 0 Å². The second-order valence-corrected chi connectivity index (χ2v) is 6.32. The van der Waals surface area contributed by atoms with Gasteiger partial charge in [0.2, 0.25) is 5.91 Å². The van der Waals surface area contributed by atoms with Gasteiger partial charge in [0.25, 0.3) is 0 Å². The third-order valence-corrected chi connectivity index (χ3v) is 4.37. The molecule has 0 aliphatic carbocycles. The Balaban J connectivity index is 2.05. The summed E-state index contributed by atoms with van der Waals surface area (Å²) in [5.41, 5.74) is 3.16. The number of amides is 1. The lowest BCUT2D eigenvalue weighted by Gasteiger charge is -2.12. The van der Waals surface area contributed by atoms with Gasteiger partial charge in [-0.15, -0.1) is 0 Å². The lowest BCUT2D eigenvalue weighted by atomic mass is 9.95. The van der Waals surface area contributed by atoms with Gasteiger partial charge in [-0.25, -0.2) is 4.39 Å². The Labute approximate surface area is 167 Å². The highest BCUT2D eigenvalue weighted by molar-refractivity contribution is 6.37. The lowest BCUT2D eigenvalue weighted by Crippen LogP contribution is -2.07. The van der Waals surface area contributed by atoms with Crippen molar-refractivity contribution in [3.05, 3.63) is 72.0 Å². The number of carbonyl (C=O) groups is 1. The van der Waals surface area contributed by atoms with E-state index in [1.807, 2.05) is 0 Å². The van der Waals surface area contributed by atoms with E-state index in [-0.39, 0.29) is 17.3 Å². The molecule has 3 rings (SSSR count). The number of rotatable bonds is 5. The van der Waals surface area contributed by atoms with E-state index in [2.05, 4.69) is 10.4 Å². The van der Waals surface area contributed by atoms with Gasteiger partial charge in [-0.1, -0.05) is 42.5 Å². The van der Waals surface area contributed by atoms with Gasteiger partial charge < -0.3 is 21.7 Å². The first-order valence-corrected chi connectivity index (χ1v) is 8.73. The third kappa shape index (κ3) is 4.14. The standard InChI is InChI=1S/C22H19FN4O2/c1-13(28)26-20-9-8-15(11-19(20)23)18-7-3-6-17(22(18)29)14-4-2-5-16(10-14)21(12-24)27-25/h2-12,24,29H,25H2,1H3,(H,26,28)/b24-12?,27-21+. The summed E-state index contributed by atoms with van der Waals surface area (Å²) >= 11 is 0. The summed E-state index contributed by atoms with van der Waals surface area (Å²) in [6.07, 6.45) is 1.05. The Kier molecular flexibility index (Phi) is 5.69. The Morgan fingerprint density at radius 1 is 1.10 bits per heavy atom. The van der Waals surface area contributed by atoms with Crippen LogP contribution in [0.15, 0.2) is 65.8 Å². The fourth-order valence-corrected chi connectivity index (χ4v) is 3.02. The van der Waals surface area contributed by atoms with E-state index in [9.17, 15) is 14.3 Å². The molecule has 0 saturated heterocycles. The summed E-state index contributed by atoms with van der Waals surface area (Å²) in [4.78, 5) is 11.1. The minimum absolute atomic E-state index is 0.0163. The van der Waals surface area contributed by atoms with E-state index in [1.165, 1.54) is 19.1 Å². The summed E-state index contributed by atoms with van der Waals surface area (Å²) in [5, 5.41) is 24.2. The fourth-order valence-electron chi connectivity index (χ4n) is 3.02. The molecule has 0 bridgehead atoms. The highest BCUT2D eigenvalue weighted by Gasteiger charge is 2.14. The summed E-state index contributed by atoms with van der Waals surface area (Å²) in [5.74, 6) is 4.33. The number of phenols is 1. The molecule has 3 aromatic rings. The zero-order chi connectivity index (χ0) is 21.0. The van der Waals surface area contributed by atoms with Crippen LogP contribution in [0.1, 0.15) is 12.5 Å². The summed E-state index contributed by atoms with van der Waals surface area (Å²) in [6, 6.07) is 16.6. The van der Waals surface area contributed by atoms with E-state index in [1.54, 1.807) is 48.5 Å². The second-order valence-electron chi connectivity index (χ2n) is 6.32. The maximum Gasteiger partial charge on any atom is 0.221 e. The average molecular weight is 390 g/mol. The first kappa shape index (κ1) is 19.8. The number of nitrogens with zero attached hydrogens (tertiary/aromatic N) is 1. The molecule has 0 fully saturated rings. The zero-order valence-electron chi connectivity index (χ0n) is 15.6. The van der Waals surface area contributed by atoms with Crippen molar-refractivity contribution < 1.29 is 14.3 Å². The SMILES string of the molecule is CC(=O)Nc1ccc(-c2cccc(-c3cccc(/C(C=N)=N/N)c3)c2O)cc1F. The monoisotopic (exact) mass is 390 g/mol. The molecular weight excluding hydrogens is 371 g/mol. The number of anilines is 1. The van der Waals surface area contributed by atoms with Crippen LogP contribution >= 0.6 is 0 Å². The van der Waals surface area contributed by atoms with Crippen LogP contribution in [0.25, 0.3) is 22.3 Å². The van der Waals surface area contributed by atoms with Gasteiger partial charge in [0.1, 0.15) is 17.3 Å². The van der Waals surface area contributed by atoms with Crippen molar-refractivity contribution in [3.63, 3.8) is 0 Å². The summed E-state index contributed by atoms with van der Waals surface area (Å²) in [7, 11) is 0. The molecule has 0 radical (unpaired) electrons. The largest absolute Gasteiger partial charge is 0.507 e. The molecule has 7 heteroatoms. The van der Waals surface area contributed by atoms with Crippen LogP contribution in [-0.2, 0) is 4.79 Å². The van der Waals surface area contributed by atoms with Gasteiger partial charge in [0.05, 0.1) is 5.69 Å². The Bertz CT molecular complexity index is 1130. The number of phenolic OH excluding ortho intramolecular Hbond substituents is 1. The highest BCUT2D eigenvalue weighted by Crippen LogP contribution is 2.39. The Hall–Kier alpha value is -4.00. The normalized spacial score (nSPS) is 11.2. The van der Waals surface area contributed by atoms with Crippen molar-refractivity contribution in [1.29, 1.82) is 5.41 Å². The maximum atomic E-state index is 14.3. The van der Waals surface area contributed by atoms with Crippen LogP contribution in [0.3, 0.4) is 0 Å². The number of hydrazone groups is 1. The van der Waals surface area contributed by atoms with Crippen LogP contribution in [0, 0.1) is 11.2 Å². The summed E-state index contributed by atoms with van der Waals surface area (Å²) < 4.78 is 14.3. The molecule has 0 heterocycles. The third-order valence-electron chi connectivity index (χ3n) is 4.37. The summed E-state index contributed by atoms with van der Waals surface area (Å²) in [6.45, 7) is 1.30. The van der Waals surface area contributed by atoms with Crippen LogP contribution in [0.2, 0.25) is 0 Å². The van der Waals surface area contributed by atoms with Crippen molar-refractivity contribution in [2.24, 2.45) is 10.9 Å². The van der Waals surface area contributed by atoms with Crippen molar-refractivity contribution >= 4 is 23.5 Å². The average Bonchev–Trinajstić information content (AvgIpc) is 2.71. The molecule has 0 saturated carbocycles. The smallest absolute Gasteiger partial charge is 0.221 e. The van der Waals surface area contributed by atoms with Crippen molar-refractivity contribution in [2.75, 3.05) is 5.32 Å². The van der Waals surface area contributed by atoms with Crippen molar-refractivity contribution in [2.45, 2.75) is 6.92 Å². The molecule has 0 aliphatic heterocycles. The molecule has 3 aromatic carbocycles. The highest BCUT2D eigenvalue weighted by atomic mass is 19.1. The van der Waals surface area contributed by atoms with Gasteiger partial charge in [0, 0.05) is 29.8 Å². The molecule has 29 heavy (non-hydrogen) atoms. The zero-order valence-corrected chi connectivity index (χ0v) is 15.6. The van der Waals surface area contributed by atoms with E-state index in [0.29, 0.717) is 33.5 Å². The topological polar surface area (TPSA) is 112 Å². The number of hydrogen-bond donors (Lipinski definition) is 4. The number of nitrogens with two attached hydrogens (primary N) is 1. The van der Waals surface area contributed by atoms with E-state index < -0.39 is 5.82 Å². The number of halogens is 1. The van der Waals surface area contributed by atoms with Crippen molar-refractivity contribution in [1.82, 2.24) is 0 Å². The number of para-hydroxylation sites is 1. The molecule has 0 atom stereocenters. The van der Waals surface area contributed by atoms with Gasteiger partial charge in [-0.05, 0) is 29.3 Å².